The maximum Gasteiger partial charge on any atom is 0.0710 e. The standard InChI is InChI=1S/C7H17NO.CH4O2/c1-4-8(5-2)6-7-9-3;1-3-2/h4-7H2,1-3H3;2H,1H3. The quantitative estimate of drug-likeness (QED) is 0.506. The van der Waals surface area contributed by atoms with Crippen molar-refractivity contribution in [3.63, 3.8) is 0 Å². The van der Waals surface area contributed by atoms with Crippen LogP contribution >= 0.6 is 0 Å². The van der Waals surface area contributed by atoms with Gasteiger partial charge in [0, 0.05) is 13.7 Å². The molecule has 0 aromatic rings. The second-order valence-corrected chi connectivity index (χ2v) is 2.20. The highest BCUT2D eigenvalue weighted by molar-refractivity contribution is 4.48. The number of nitrogens with zero attached hydrogens (tertiary/aromatic N) is 1. The molecular weight excluding hydrogens is 158 g/mol. The van der Waals surface area contributed by atoms with Crippen LogP contribution < -0.4 is 0 Å². The molecule has 0 rings (SSSR count). The first kappa shape index (κ1) is 14.4. The van der Waals surface area contributed by atoms with Gasteiger partial charge in [-0.2, -0.15) is 0 Å². The number of hydrogen-bond acceptors (Lipinski definition) is 4. The summed E-state index contributed by atoms with van der Waals surface area (Å²) in [5.74, 6) is 0. The van der Waals surface area contributed by atoms with Crippen molar-refractivity contribution in [1.29, 1.82) is 0 Å². The van der Waals surface area contributed by atoms with Gasteiger partial charge >= 0.3 is 0 Å². The smallest absolute Gasteiger partial charge is 0.0710 e. The Hall–Kier alpha value is -0.160. The molecule has 4 nitrogen and oxygen atoms in total. The lowest BCUT2D eigenvalue weighted by atomic mass is 10.5. The molecule has 0 aliphatic carbocycles. The van der Waals surface area contributed by atoms with Crippen molar-refractivity contribution >= 4 is 0 Å². The van der Waals surface area contributed by atoms with Gasteiger partial charge in [-0.05, 0) is 13.1 Å². The Balaban J connectivity index is 0. The molecule has 76 valence electrons. The fourth-order valence-corrected chi connectivity index (χ4v) is 0.760. The molecular formula is C8H21NO3. The van der Waals surface area contributed by atoms with E-state index in [4.69, 9.17) is 9.99 Å². The average molecular weight is 179 g/mol. The summed E-state index contributed by atoms with van der Waals surface area (Å²) in [6, 6.07) is 0. The highest BCUT2D eigenvalue weighted by Gasteiger charge is 1.95. The second kappa shape index (κ2) is 13.4. The summed E-state index contributed by atoms with van der Waals surface area (Å²) in [4.78, 5) is 5.59. The molecule has 12 heavy (non-hydrogen) atoms. The number of hydrogen-bond donors (Lipinski definition) is 1. The van der Waals surface area contributed by atoms with Crippen molar-refractivity contribution in [2.45, 2.75) is 13.8 Å². The van der Waals surface area contributed by atoms with E-state index in [-0.39, 0.29) is 0 Å². The Morgan fingerprint density at radius 1 is 1.17 bits per heavy atom. The molecule has 0 fully saturated rings. The number of methoxy groups -OCH3 is 1. The van der Waals surface area contributed by atoms with Gasteiger partial charge in [-0.25, -0.2) is 4.89 Å². The Bertz CT molecular complexity index is 67.3. The molecule has 0 saturated carbocycles. The van der Waals surface area contributed by atoms with Gasteiger partial charge < -0.3 is 9.64 Å². The molecule has 0 unspecified atom stereocenters. The van der Waals surface area contributed by atoms with Gasteiger partial charge in [0.1, 0.15) is 0 Å². The minimum atomic E-state index is 0.849. The fourth-order valence-electron chi connectivity index (χ4n) is 0.760. The van der Waals surface area contributed by atoms with Crippen LogP contribution in [0.25, 0.3) is 0 Å². The molecule has 0 spiro atoms. The molecule has 0 radical (unpaired) electrons. The predicted octanol–water partition coefficient (Wildman–Crippen LogP) is 1.08. The third kappa shape index (κ3) is 12.5. The highest BCUT2D eigenvalue weighted by atomic mass is 17.1. The molecule has 0 aliphatic rings. The van der Waals surface area contributed by atoms with Crippen LogP contribution in [0.2, 0.25) is 0 Å². The molecule has 0 aliphatic heterocycles. The molecule has 0 atom stereocenters. The first-order chi connectivity index (χ1) is 5.76. The summed E-state index contributed by atoms with van der Waals surface area (Å²) in [5.41, 5.74) is 0. The summed E-state index contributed by atoms with van der Waals surface area (Å²) in [5, 5.41) is 7.07. The first-order valence-electron chi connectivity index (χ1n) is 4.15. The van der Waals surface area contributed by atoms with E-state index in [0.717, 1.165) is 26.2 Å². The Labute approximate surface area is 75.0 Å². The lowest BCUT2D eigenvalue weighted by Crippen LogP contribution is -2.26. The monoisotopic (exact) mass is 179 g/mol. The SMILES string of the molecule is CCN(CC)CCOC.COO. The summed E-state index contributed by atoms with van der Waals surface area (Å²) in [6.45, 7) is 8.49. The van der Waals surface area contributed by atoms with Gasteiger partial charge in [-0.3, -0.25) is 5.26 Å². The molecule has 0 saturated heterocycles. The third-order valence-electron chi connectivity index (χ3n) is 1.51. The van der Waals surface area contributed by atoms with Gasteiger partial charge in [0.2, 0.25) is 0 Å². The minimum absolute atomic E-state index is 0.849. The molecule has 0 amide bonds. The zero-order chi connectivity index (χ0) is 9.82. The van der Waals surface area contributed by atoms with Gasteiger partial charge in [-0.15, -0.1) is 0 Å². The highest BCUT2D eigenvalue weighted by Crippen LogP contribution is 1.84. The van der Waals surface area contributed by atoms with E-state index in [1.807, 2.05) is 0 Å². The Kier molecular flexibility index (Phi) is 16.1. The largest absolute Gasteiger partial charge is 0.383 e. The second-order valence-electron chi connectivity index (χ2n) is 2.20. The van der Waals surface area contributed by atoms with Crippen LogP contribution in [0.4, 0.5) is 0 Å². The lowest BCUT2D eigenvalue weighted by molar-refractivity contribution is -0.214. The molecule has 1 N–H and O–H groups in total. The van der Waals surface area contributed by atoms with E-state index in [0.29, 0.717) is 0 Å². The van der Waals surface area contributed by atoms with Crippen LogP contribution in [0.3, 0.4) is 0 Å². The van der Waals surface area contributed by atoms with E-state index in [1.165, 1.54) is 7.11 Å². The van der Waals surface area contributed by atoms with E-state index < -0.39 is 0 Å². The molecule has 0 bridgehead atoms. The maximum absolute atomic E-state index is 7.07. The average Bonchev–Trinajstić information content (AvgIpc) is 2.08. The van der Waals surface area contributed by atoms with E-state index >= 15 is 0 Å². The summed E-state index contributed by atoms with van der Waals surface area (Å²) < 4.78 is 4.93. The Morgan fingerprint density at radius 3 is 1.83 bits per heavy atom. The van der Waals surface area contributed by atoms with Crippen LogP contribution in [-0.2, 0) is 9.62 Å². The van der Waals surface area contributed by atoms with Crippen molar-refractivity contribution in [2.75, 3.05) is 40.5 Å². The first-order valence-corrected chi connectivity index (χ1v) is 4.15. The van der Waals surface area contributed by atoms with Crippen LogP contribution in [0.15, 0.2) is 0 Å². The van der Waals surface area contributed by atoms with Crippen molar-refractivity contribution in [1.82, 2.24) is 4.90 Å². The molecule has 0 aromatic carbocycles. The van der Waals surface area contributed by atoms with Crippen molar-refractivity contribution < 1.29 is 14.9 Å². The normalized spacial score (nSPS) is 9.50. The minimum Gasteiger partial charge on any atom is -0.383 e. The molecule has 4 heteroatoms. The lowest BCUT2D eigenvalue weighted by Gasteiger charge is -2.16. The van der Waals surface area contributed by atoms with Crippen LogP contribution in [0, 0.1) is 0 Å². The van der Waals surface area contributed by atoms with Gasteiger partial charge in [0.15, 0.2) is 0 Å². The maximum atomic E-state index is 7.07. The van der Waals surface area contributed by atoms with Crippen LogP contribution in [0.1, 0.15) is 13.8 Å². The zero-order valence-corrected chi connectivity index (χ0v) is 8.54. The molecule has 0 heterocycles. The fraction of sp³-hybridized carbons (Fsp3) is 1.00. The summed E-state index contributed by atoms with van der Waals surface area (Å²) in [6.07, 6.45) is 0. The number of rotatable bonds is 5. The van der Waals surface area contributed by atoms with Crippen molar-refractivity contribution in [2.24, 2.45) is 0 Å². The van der Waals surface area contributed by atoms with Crippen LogP contribution in [0.5, 0.6) is 0 Å². The van der Waals surface area contributed by atoms with E-state index in [1.54, 1.807) is 7.11 Å². The number of likely N-dealkylation sites (N-methyl/N-ethyl adjacent to an activating group) is 1. The van der Waals surface area contributed by atoms with Gasteiger partial charge in [-0.1, -0.05) is 13.8 Å². The zero-order valence-electron chi connectivity index (χ0n) is 8.54. The summed E-state index contributed by atoms with van der Waals surface area (Å²) >= 11 is 0. The molecule has 0 aromatic heterocycles. The van der Waals surface area contributed by atoms with Gasteiger partial charge in [0.25, 0.3) is 0 Å². The number of ether oxygens (including phenoxy) is 1. The van der Waals surface area contributed by atoms with Crippen molar-refractivity contribution in [3.05, 3.63) is 0 Å². The topological polar surface area (TPSA) is 41.9 Å². The Morgan fingerprint density at radius 2 is 1.58 bits per heavy atom. The van der Waals surface area contributed by atoms with Gasteiger partial charge in [0.05, 0.1) is 13.7 Å². The third-order valence-corrected chi connectivity index (χ3v) is 1.51. The summed E-state index contributed by atoms with van der Waals surface area (Å²) in [7, 11) is 2.92. The van der Waals surface area contributed by atoms with E-state index in [2.05, 4.69) is 23.6 Å². The predicted molar refractivity (Wildman–Crippen MR) is 49.3 cm³/mol. The van der Waals surface area contributed by atoms with E-state index in [9.17, 15) is 0 Å². The van der Waals surface area contributed by atoms with Crippen LogP contribution in [-0.4, -0.2) is 50.6 Å². The van der Waals surface area contributed by atoms with Crippen molar-refractivity contribution in [3.8, 4) is 0 Å².